The SMILES string of the molecule is O=C1CCCCc2nc(Cc3ccc(Cl)c(Cl)c3)ncc21. The highest BCUT2D eigenvalue weighted by Gasteiger charge is 2.17. The van der Waals surface area contributed by atoms with Crippen LogP contribution in [0.1, 0.15) is 46.7 Å². The van der Waals surface area contributed by atoms with Crippen molar-refractivity contribution >= 4 is 29.0 Å². The van der Waals surface area contributed by atoms with E-state index < -0.39 is 0 Å². The van der Waals surface area contributed by atoms with Crippen LogP contribution in [-0.2, 0) is 12.8 Å². The fourth-order valence-corrected chi connectivity index (χ4v) is 2.83. The van der Waals surface area contributed by atoms with Gasteiger partial charge in [0.2, 0.25) is 0 Å². The average Bonchev–Trinajstić information content (AvgIpc) is 2.65. The lowest BCUT2D eigenvalue weighted by molar-refractivity contribution is 0.0981. The molecule has 3 nitrogen and oxygen atoms in total. The predicted molar refractivity (Wildman–Crippen MR) is 83.2 cm³/mol. The van der Waals surface area contributed by atoms with E-state index in [4.69, 9.17) is 23.2 Å². The first-order chi connectivity index (χ1) is 10.1. The molecule has 1 aromatic heterocycles. The molecule has 3 rings (SSSR count). The van der Waals surface area contributed by atoms with Gasteiger partial charge in [0.15, 0.2) is 5.78 Å². The van der Waals surface area contributed by atoms with Crippen LogP contribution in [0.5, 0.6) is 0 Å². The Morgan fingerprint density at radius 2 is 1.90 bits per heavy atom. The Hall–Kier alpha value is -1.45. The van der Waals surface area contributed by atoms with Gasteiger partial charge in [-0.2, -0.15) is 0 Å². The van der Waals surface area contributed by atoms with Gasteiger partial charge in [-0.1, -0.05) is 29.3 Å². The number of benzene rings is 1. The molecule has 0 atom stereocenters. The molecule has 0 fully saturated rings. The van der Waals surface area contributed by atoms with Crippen LogP contribution in [0.2, 0.25) is 10.0 Å². The van der Waals surface area contributed by atoms with Gasteiger partial charge in [-0.15, -0.1) is 0 Å². The summed E-state index contributed by atoms with van der Waals surface area (Å²) in [6.07, 6.45) is 5.63. The molecule has 0 spiro atoms. The Bertz CT molecular complexity index is 701. The molecule has 0 aliphatic heterocycles. The summed E-state index contributed by atoms with van der Waals surface area (Å²) in [5.74, 6) is 0.866. The number of halogens is 2. The monoisotopic (exact) mass is 320 g/mol. The second-order valence-corrected chi connectivity index (χ2v) is 6.02. The second-order valence-electron chi connectivity index (χ2n) is 5.20. The molecule has 1 aliphatic carbocycles. The summed E-state index contributed by atoms with van der Waals surface area (Å²) < 4.78 is 0. The number of nitrogens with zero attached hydrogens (tertiary/aromatic N) is 2. The van der Waals surface area contributed by atoms with Crippen molar-refractivity contribution in [1.29, 1.82) is 0 Å². The first-order valence-electron chi connectivity index (χ1n) is 6.95. The van der Waals surface area contributed by atoms with Gasteiger partial charge in [-0.25, -0.2) is 9.97 Å². The molecule has 0 saturated carbocycles. The summed E-state index contributed by atoms with van der Waals surface area (Å²) >= 11 is 11.9. The number of aryl methyl sites for hydroxylation is 1. The number of Topliss-reactive ketones (excluding diaryl/α,β-unsaturated/α-hetero) is 1. The van der Waals surface area contributed by atoms with Crippen molar-refractivity contribution in [2.24, 2.45) is 0 Å². The van der Waals surface area contributed by atoms with Gasteiger partial charge in [0.05, 0.1) is 21.3 Å². The van der Waals surface area contributed by atoms with E-state index in [9.17, 15) is 4.79 Å². The number of ketones is 1. The molecule has 5 heteroatoms. The van der Waals surface area contributed by atoms with E-state index in [2.05, 4.69) is 9.97 Å². The van der Waals surface area contributed by atoms with Crippen LogP contribution in [0, 0.1) is 0 Å². The summed E-state index contributed by atoms with van der Waals surface area (Å²) in [4.78, 5) is 20.8. The summed E-state index contributed by atoms with van der Waals surface area (Å²) in [6, 6.07) is 5.50. The minimum atomic E-state index is 0.156. The molecule has 0 bridgehead atoms. The van der Waals surface area contributed by atoms with Gasteiger partial charge in [-0.05, 0) is 37.0 Å². The van der Waals surface area contributed by atoms with Crippen LogP contribution in [0.25, 0.3) is 0 Å². The molecule has 108 valence electrons. The third kappa shape index (κ3) is 3.25. The van der Waals surface area contributed by atoms with Crippen LogP contribution in [-0.4, -0.2) is 15.8 Å². The average molecular weight is 321 g/mol. The maximum Gasteiger partial charge on any atom is 0.166 e. The molecule has 21 heavy (non-hydrogen) atoms. The second kappa shape index (κ2) is 6.12. The molecule has 1 aromatic carbocycles. The number of rotatable bonds is 2. The van der Waals surface area contributed by atoms with Crippen molar-refractivity contribution in [3.05, 3.63) is 57.1 Å². The van der Waals surface area contributed by atoms with E-state index in [1.54, 1.807) is 12.3 Å². The van der Waals surface area contributed by atoms with Crippen LogP contribution in [0.3, 0.4) is 0 Å². The summed E-state index contributed by atoms with van der Waals surface area (Å²) in [6.45, 7) is 0. The topological polar surface area (TPSA) is 42.9 Å². The van der Waals surface area contributed by atoms with Crippen LogP contribution in [0.15, 0.2) is 24.4 Å². The summed E-state index contributed by atoms with van der Waals surface area (Å²) in [5.41, 5.74) is 2.57. The summed E-state index contributed by atoms with van der Waals surface area (Å²) in [7, 11) is 0. The Balaban J connectivity index is 1.88. The van der Waals surface area contributed by atoms with E-state index in [-0.39, 0.29) is 5.78 Å². The molecule has 1 aliphatic rings. The van der Waals surface area contributed by atoms with Crippen molar-refractivity contribution in [3.63, 3.8) is 0 Å². The predicted octanol–water partition coefficient (Wildman–Crippen LogP) is 4.28. The lowest BCUT2D eigenvalue weighted by atomic mass is 10.1. The lowest BCUT2D eigenvalue weighted by Crippen LogP contribution is -2.07. The molecule has 2 aromatic rings. The molecule has 1 heterocycles. The summed E-state index contributed by atoms with van der Waals surface area (Å²) in [5, 5.41) is 1.06. The molecular weight excluding hydrogens is 307 g/mol. The maximum atomic E-state index is 11.9. The number of hydrogen-bond donors (Lipinski definition) is 0. The van der Waals surface area contributed by atoms with Crippen LogP contribution < -0.4 is 0 Å². The lowest BCUT2D eigenvalue weighted by Gasteiger charge is -2.07. The van der Waals surface area contributed by atoms with Gasteiger partial charge in [-0.3, -0.25) is 4.79 Å². The minimum absolute atomic E-state index is 0.156. The number of hydrogen-bond acceptors (Lipinski definition) is 3. The third-order valence-electron chi connectivity index (χ3n) is 3.63. The van der Waals surface area contributed by atoms with Crippen molar-refractivity contribution in [2.45, 2.75) is 32.1 Å². The smallest absolute Gasteiger partial charge is 0.166 e. The highest BCUT2D eigenvalue weighted by atomic mass is 35.5. The number of carbonyl (C=O) groups excluding carboxylic acids is 1. The zero-order valence-corrected chi connectivity index (χ0v) is 12.9. The third-order valence-corrected chi connectivity index (χ3v) is 4.37. The van der Waals surface area contributed by atoms with Crippen molar-refractivity contribution in [2.75, 3.05) is 0 Å². The van der Waals surface area contributed by atoms with Gasteiger partial charge < -0.3 is 0 Å². The van der Waals surface area contributed by atoms with E-state index >= 15 is 0 Å². The Morgan fingerprint density at radius 1 is 1.10 bits per heavy atom. The minimum Gasteiger partial charge on any atom is -0.294 e. The fraction of sp³-hybridized carbons (Fsp3) is 0.312. The molecule has 0 unspecified atom stereocenters. The van der Waals surface area contributed by atoms with E-state index in [1.165, 1.54) is 0 Å². The van der Waals surface area contributed by atoms with Crippen LogP contribution in [0.4, 0.5) is 0 Å². The highest BCUT2D eigenvalue weighted by molar-refractivity contribution is 6.42. The Labute approximate surface area is 133 Å². The number of fused-ring (bicyclic) bond motifs is 1. The van der Waals surface area contributed by atoms with Crippen LogP contribution >= 0.6 is 23.2 Å². The Morgan fingerprint density at radius 3 is 2.71 bits per heavy atom. The van der Waals surface area contributed by atoms with Gasteiger partial charge in [0, 0.05) is 19.0 Å². The molecule has 0 amide bonds. The standard InChI is InChI=1S/C16H14Cl2N2O/c17-12-6-5-10(7-13(12)18)8-16-19-9-11-14(20-16)3-1-2-4-15(11)21/h5-7,9H,1-4,8H2. The van der Waals surface area contributed by atoms with Crippen molar-refractivity contribution in [1.82, 2.24) is 9.97 Å². The Kier molecular flexibility index (Phi) is 4.22. The number of carbonyl (C=O) groups is 1. The van der Waals surface area contributed by atoms with Crippen molar-refractivity contribution in [3.8, 4) is 0 Å². The first-order valence-corrected chi connectivity index (χ1v) is 7.71. The maximum absolute atomic E-state index is 11.9. The molecular formula is C16H14Cl2N2O. The largest absolute Gasteiger partial charge is 0.294 e. The van der Waals surface area contributed by atoms with E-state index in [1.807, 2.05) is 12.1 Å². The molecule has 0 saturated heterocycles. The van der Waals surface area contributed by atoms with Gasteiger partial charge in [0.25, 0.3) is 0 Å². The van der Waals surface area contributed by atoms with E-state index in [0.717, 1.165) is 30.5 Å². The zero-order chi connectivity index (χ0) is 14.8. The normalized spacial score (nSPS) is 14.7. The van der Waals surface area contributed by atoms with Gasteiger partial charge in [0.1, 0.15) is 5.82 Å². The van der Waals surface area contributed by atoms with Crippen molar-refractivity contribution < 1.29 is 4.79 Å². The fourth-order valence-electron chi connectivity index (χ4n) is 2.51. The number of aromatic nitrogens is 2. The molecule has 0 radical (unpaired) electrons. The quantitative estimate of drug-likeness (QED) is 0.775. The van der Waals surface area contributed by atoms with Gasteiger partial charge >= 0.3 is 0 Å². The first kappa shape index (κ1) is 14.5. The van der Waals surface area contributed by atoms with E-state index in [0.29, 0.717) is 34.3 Å². The zero-order valence-electron chi connectivity index (χ0n) is 11.4. The molecule has 0 N–H and O–H groups in total. The highest BCUT2D eigenvalue weighted by Crippen LogP contribution is 2.24.